The predicted molar refractivity (Wildman–Crippen MR) is 138 cm³/mol. The van der Waals surface area contributed by atoms with Crippen LogP contribution >= 0.6 is 11.6 Å². The molecule has 1 aliphatic heterocycles. The van der Waals surface area contributed by atoms with Gasteiger partial charge in [0.2, 0.25) is 0 Å². The number of piperidine rings is 1. The van der Waals surface area contributed by atoms with Crippen molar-refractivity contribution in [3.63, 3.8) is 0 Å². The maximum atomic E-state index is 13.4. The number of carbonyl (C=O) groups excluding carboxylic acids is 2. The first-order valence-corrected chi connectivity index (χ1v) is 11.2. The maximum absolute atomic E-state index is 13.4. The summed E-state index contributed by atoms with van der Waals surface area (Å²) in [6.45, 7) is 12.5. The molecule has 7 heteroatoms. The number of pyridine rings is 1. The summed E-state index contributed by atoms with van der Waals surface area (Å²) in [4.78, 5) is 22.8. The fraction of sp³-hybridized carbons (Fsp3) is 0.333. The Morgan fingerprint density at radius 1 is 1.15 bits per heavy atom. The summed E-state index contributed by atoms with van der Waals surface area (Å²) < 4.78 is 18.3. The number of methoxy groups -OCH3 is 1. The van der Waals surface area contributed by atoms with Crippen molar-refractivity contribution < 1.29 is 18.7 Å². The molecule has 0 radical (unpaired) electrons. The molecule has 182 valence electrons. The highest BCUT2D eigenvalue weighted by molar-refractivity contribution is 6.32. The largest absolute Gasteiger partial charge is 0.495 e. The van der Waals surface area contributed by atoms with Gasteiger partial charge in [-0.05, 0) is 74.1 Å². The first-order chi connectivity index (χ1) is 16.4. The van der Waals surface area contributed by atoms with E-state index in [2.05, 4.69) is 29.5 Å². The number of halogens is 2. The summed E-state index contributed by atoms with van der Waals surface area (Å²) >= 11 is 5.80. The number of aromatic nitrogens is 1. The van der Waals surface area contributed by atoms with Gasteiger partial charge in [0.1, 0.15) is 19.3 Å². The lowest BCUT2D eigenvalue weighted by Gasteiger charge is -2.34. The van der Waals surface area contributed by atoms with E-state index in [0.717, 1.165) is 47.1 Å². The van der Waals surface area contributed by atoms with Crippen LogP contribution in [0.4, 0.5) is 10.1 Å². The molecule has 0 N–H and O–H groups in total. The average Bonchev–Trinajstić information content (AvgIpc) is 3.04. The Labute approximate surface area is 206 Å². The number of hydrogen-bond donors (Lipinski definition) is 0. The number of rotatable bonds is 2. The lowest BCUT2D eigenvalue weighted by Crippen LogP contribution is -2.34. The van der Waals surface area contributed by atoms with Crippen LogP contribution in [0.3, 0.4) is 0 Å². The van der Waals surface area contributed by atoms with Crippen LogP contribution in [0.25, 0.3) is 12.2 Å². The molecule has 5 nitrogen and oxygen atoms in total. The molecule has 2 aromatic rings. The molecule has 1 aromatic carbocycles. The second kappa shape index (κ2) is 14.8. The third-order valence-corrected chi connectivity index (χ3v) is 5.75. The SMILES string of the molecule is C=O.C=O.COc1ccc(C)cc1Cl.Cc1cnc2c(c1N1CCC(C)CC1)C=C=C(F)C=C2. The summed E-state index contributed by atoms with van der Waals surface area (Å²) in [5.41, 5.74) is 7.98. The third-order valence-electron chi connectivity index (χ3n) is 5.45. The fourth-order valence-electron chi connectivity index (χ4n) is 3.67. The number of aryl methyl sites for hydroxylation is 2. The summed E-state index contributed by atoms with van der Waals surface area (Å²) in [6.07, 6.45) is 9.19. The Bertz CT molecular complexity index is 1040. The summed E-state index contributed by atoms with van der Waals surface area (Å²) in [5.74, 6) is 1.17. The lowest BCUT2D eigenvalue weighted by atomic mass is 9.97. The molecule has 2 heterocycles. The average molecular weight is 487 g/mol. The molecular weight excluding hydrogens is 455 g/mol. The minimum absolute atomic E-state index is 0.348. The van der Waals surface area contributed by atoms with E-state index < -0.39 is 0 Å². The predicted octanol–water partition coefficient (Wildman–Crippen LogP) is 6.41. The first-order valence-electron chi connectivity index (χ1n) is 10.8. The van der Waals surface area contributed by atoms with Crippen molar-refractivity contribution in [2.75, 3.05) is 25.1 Å². The Morgan fingerprint density at radius 3 is 2.38 bits per heavy atom. The minimum Gasteiger partial charge on any atom is -0.495 e. The molecular formula is C27H32ClFN2O3. The quantitative estimate of drug-likeness (QED) is 0.459. The van der Waals surface area contributed by atoms with Crippen molar-refractivity contribution in [2.24, 2.45) is 5.92 Å². The van der Waals surface area contributed by atoms with Crippen molar-refractivity contribution in [1.82, 2.24) is 4.98 Å². The van der Waals surface area contributed by atoms with Gasteiger partial charge in [0, 0.05) is 24.8 Å². The van der Waals surface area contributed by atoms with E-state index in [9.17, 15) is 4.39 Å². The monoisotopic (exact) mass is 486 g/mol. The van der Waals surface area contributed by atoms with Gasteiger partial charge in [-0.15, -0.1) is 0 Å². The van der Waals surface area contributed by atoms with Crippen LogP contribution in [0.15, 0.2) is 42.0 Å². The van der Waals surface area contributed by atoms with Crippen LogP contribution in [-0.4, -0.2) is 38.8 Å². The number of fused-ring (bicyclic) bond motifs is 1. The van der Waals surface area contributed by atoms with Crippen molar-refractivity contribution in [3.8, 4) is 5.75 Å². The second-order valence-electron chi connectivity index (χ2n) is 7.87. The molecule has 4 rings (SSSR count). The van der Waals surface area contributed by atoms with Gasteiger partial charge in [-0.1, -0.05) is 30.3 Å². The van der Waals surface area contributed by atoms with Crippen molar-refractivity contribution in [2.45, 2.75) is 33.6 Å². The van der Waals surface area contributed by atoms with Crippen molar-refractivity contribution in [3.05, 3.63) is 69.4 Å². The maximum Gasteiger partial charge on any atom is 0.165 e. The van der Waals surface area contributed by atoms with Crippen LogP contribution in [-0.2, 0) is 9.59 Å². The molecule has 0 atom stereocenters. The molecule has 1 aromatic heterocycles. The van der Waals surface area contributed by atoms with E-state index >= 15 is 0 Å². The standard InChI is InChI=1S/C17H19FN2.C8H9ClO.2CH2O/c1-12-7-9-20(10-8-12)17-13(2)11-19-16-6-4-14(18)3-5-15(16)17;1-6-3-4-8(10-2)7(9)5-6;2*1-2/h4-6,11-12H,7-10H2,1-2H3;3-5H,1-2H3;2*1H2. The van der Waals surface area contributed by atoms with Gasteiger partial charge in [-0.2, -0.15) is 4.39 Å². The Hall–Kier alpha value is -3.21. The van der Waals surface area contributed by atoms with Crippen LogP contribution in [0.5, 0.6) is 5.75 Å². The van der Waals surface area contributed by atoms with E-state index in [1.807, 2.05) is 44.9 Å². The molecule has 34 heavy (non-hydrogen) atoms. The topological polar surface area (TPSA) is 59.5 Å². The van der Waals surface area contributed by atoms with Gasteiger partial charge in [-0.3, -0.25) is 4.98 Å². The smallest absolute Gasteiger partial charge is 0.165 e. The van der Waals surface area contributed by atoms with Crippen molar-refractivity contribution >= 4 is 43.0 Å². The number of nitrogens with zero attached hydrogens (tertiary/aromatic N) is 2. The highest BCUT2D eigenvalue weighted by Crippen LogP contribution is 2.33. The summed E-state index contributed by atoms with van der Waals surface area (Å²) in [5, 5.41) is 0.669. The molecule has 0 saturated carbocycles. The number of anilines is 1. The van der Waals surface area contributed by atoms with Gasteiger partial charge < -0.3 is 19.2 Å². The molecule has 1 fully saturated rings. The zero-order chi connectivity index (χ0) is 25.7. The number of carbonyl (C=O) groups is 2. The molecule has 1 aliphatic carbocycles. The van der Waals surface area contributed by atoms with E-state index in [1.165, 1.54) is 24.6 Å². The zero-order valence-corrected chi connectivity index (χ0v) is 21.0. The van der Waals surface area contributed by atoms with Gasteiger partial charge in [0.05, 0.1) is 23.5 Å². The van der Waals surface area contributed by atoms with Crippen molar-refractivity contribution in [1.29, 1.82) is 0 Å². The number of allylic oxidation sites excluding steroid dienone is 2. The molecule has 0 amide bonds. The summed E-state index contributed by atoms with van der Waals surface area (Å²) in [7, 11) is 1.61. The lowest BCUT2D eigenvalue weighted by molar-refractivity contribution is -0.0987. The van der Waals surface area contributed by atoms with E-state index in [4.69, 9.17) is 25.9 Å². The Morgan fingerprint density at radius 2 is 1.79 bits per heavy atom. The molecule has 0 bridgehead atoms. The van der Waals surface area contributed by atoms with Gasteiger partial charge >= 0.3 is 0 Å². The van der Waals surface area contributed by atoms with E-state index in [1.54, 1.807) is 19.3 Å². The molecule has 0 unspecified atom stereocenters. The van der Waals surface area contributed by atoms with E-state index in [-0.39, 0.29) is 5.83 Å². The zero-order valence-electron chi connectivity index (χ0n) is 20.2. The molecule has 2 aliphatic rings. The van der Waals surface area contributed by atoms with Crippen LogP contribution in [0.2, 0.25) is 5.02 Å². The third kappa shape index (κ3) is 7.98. The van der Waals surface area contributed by atoms with Gasteiger partial charge in [0.25, 0.3) is 0 Å². The van der Waals surface area contributed by atoms with Gasteiger partial charge in [0.15, 0.2) is 5.83 Å². The van der Waals surface area contributed by atoms with Gasteiger partial charge in [-0.25, -0.2) is 0 Å². The molecule has 0 spiro atoms. The number of hydrogen-bond acceptors (Lipinski definition) is 5. The van der Waals surface area contributed by atoms with Crippen LogP contribution in [0.1, 0.15) is 42.1 Å². The number of ether oxygens (including phenoxy) is 1. The van der Waals surface area contributed by atoms with Crippen LogP contribution in [0, 0.1) is 19.8 Å². The Balaban J connectivity index is 0.000000349. The van der Waals surface area contributed by atoms with E-state index in [0.29, 0.717) is 5.02 Å². The number of benzene rings is 1. The first kappa shape index (κ1) is 28.8. The normalized spacial score (nSPS) is 14.1. The Kier molecular flexibility index (Phi) is 12.6. The highest BCUT2D eigenvalue weighted by atomic mass is 35.5. The molecule has 1 saturated heterocycles. The minimum atomic E-state index is -0.348. The second-order valence-corrected chi connectivity index (χ2v) is 8.27. The fourth-order valence-corrected chi connectivity index (χ4v) is 3.98. The van der Waals surface area contributed by atoms with Crippen LogP contribution < -0.4 is 9.64 Å². The summed E-state index contributed by atoms with van der Waals surface area (Å²) in [6, 6.07) is 5.70. The highest BCUT2D eigenvalue weighted by Gasteiger charge is 2.21.